The summed E-state index contributed by atoms with van der Waals surface area (Å²) in [4.78, 5) is 28.3. The summed E-state index contributed by atoms with van der Waals surface area (Å²) in [5.74, 6) is -0.253. The number of allylic oxidation sites excluding steroid dienone is 1. The number of aromatic amines is 1. The largest absolute Gasteiger partial charge is 0.366 e. The highest BCUT2D eigenvalue weighted by molar-refractivity contribution is 6.33. The Bertz CT molecular complexity index is 1570. The van der Waals surface area contributed by atoms with Crippen LogP contribution < -0.4 is 10.7 Å². The number of nitrogens with one attached hydrogen (secondary N) is 1. The lowest BCUT2D eigenvalue weighted by molar-refractivity contribution is -0.112. The fourth-order valence-corrected chi connectivity index (χ4v) is 5.23. The lowest BCUT2D eigenvalue weighted by atomic mass is 9.95. The summed E-state index contributed by atoms with van der Waals surface area (Å²) in [6.07, 6.45) is 13.0. The molecule has 6 heteroatoms. The number of carbonyl (C=O) groups excluding carboxylic acids is 2. The minimum atomic E-state index is -0.145. The average Bonchev–Trinajstić information content (AvgIpc) is 3.31. The quantitative estimate of drug-likeness (QED) is 0.483. The molecule has 1 N–H and O–H groups in total. The zero-order valence-electron chi connectivity index (χ0n) is 14.9. The van der Waals surface area contributed by atoms with Crippen LogP contribution in [0.4, 0.5) is 0 Å². The topological polar surface area (TPSA) is 69.0 Å². The maximum Gasteiger partial charge on any atom is 0.173 e. The molecular weight excluding hydrogens is 354 g/mol. The van der Waals surface area contributed by atoms with Gasteiger partial charge in [-0.1, -0.05) is 18.2 Å². The highest BCUT2D eigenvalue weighted by Gasteiger charge is 2.31. The third-order valence-electron chi connectivity index (χ3n) is 6.24. The molecule has 1 aliphatic heterocycles. The lowest BCUT2D eigenvalue weighted by Crippen LogP contribution is -2.29. The van der Waals surface area contributed by atoms with Gasteiger partial charge < -0.3 is 18.9 Å². The Kier molecular flexibility index (Phi) is 2.47. The summed E-state index contributed by atoms with van der Waals surface area (Å²) in [5.41, 5.74) is 3.91. The number of aromatic nitrogens is 3. The highest BCUT2D eigenvalue weighted by Crippen LogP contribution is 2.40. The molecule has 1 aromatic carbocycles. The van der Waals surface area contributed by atoms with Crippen LogP contribution in [0.2, 0.25) is 0 Å². The molecular formula is C22H15N3O3. The minimum absolute atomic E-state index is 0.0645. The zero-order valence-corrected chi connectivity index (χ0v) is 14.9. The summed E-state index contributed by atoms with van der Waals surface area (Å²) in [6, 6.07) is 0. The Balaban J connectivity index is 1.91. The van der Waals surface area contributed by atoms with Crippen molar-refractivity contribution in [1.82, 2.24) is 14.1 Å². The normalized spacial score (nSPS) is 17.9. The second-order valence-corrected chi connectivity index (χ2v) is 7.66. The Hall–Kier alpha value is -3.38. The first kappa shape index (κ1) is 14.6. The van der Waals surface area contributed by atoms with E-state index in [4.69, 9.17) is 4.74 Å². The first-order valence-electron chi connectivity index (χ1n) is 9.43. The van der Waals surface area contributed by atoms with Crippen molar-refractivity contribution in [2.24, 2.45) is 0 Å². The first-order valence-corrected chi connectivity index (χ1v) is 9.43. The number of ether oxygens (including phenoxy) is 1. The Labute approximate surface area is 158 Å². The van der Waals surface area contributed by atoms with Gasteiger partial charge in [0.25, 0.3) is 0 Å². The van der Waals surface area contributed by atoms with Gasteiger partial charge in [-0.3, -0.25) is 9.59 Å². The maximum atomic E-state index is 12.9. The molecule has 0 saturated heterocycles. The summed E-state index contributed by atoms with van der Waals surface area (Å²) in [6.45, 7) is 0.764. The number of Topliss-reactive ketones (excluding diaryl/α,β-unsaturated/α-hetero) is 2. The minimum Gasteiger partial charge on any atom is -0.366 e. The molecule has 0 saturated carbocycles. The Morgan fingerprint density at radius 1 is 0.964 bits per heavy atom. The van der Waals surface area contributed by atoms with Crippen LogP contribution in [0.25, 0.3) is 50.8 Å². The molecule has 6 nitrogen and oxygen atoms in total. The van der Waals surface area contributed by atoms with Crippen LogP contribution in [0.5, 0.6) is 0 Å². The summed E-state index contributed by atoms with van der Waals surface area (Å²) in [7, 11) is 0. The van der Waals surface area contributed by atoms with Crippen LogP contribution >= 0.6 is 0 Å². The molecule has 0 amide bonds. The van der Waals surface area contributed by atoms with Gasteiger partial charge in [-0.2, -0.15) is 0 Å². The van der Waals surface area contributed by atoms with Gasteiger partial charge in [-0.15, -0.1) is 0 Å². The van der Waals surface area contributed by atoms with Crippen molar-refractivity contribution >= 4 is 62.4 Å². The molecule has 4 aromatic rings. The van der Waals surface area contributed by atoms with E-state index in [1.54, 1.807) is 6.08 Å². The van der Waals surface area contributed by atoms with E-state index < -0.39 is 0 Å². The van der Waals surface area contributed by atoms with E-state index >= 15 is 0 Å². The van der Waals surface area contributed by atoms with Gasteiger partial charge in [-0.25, -0.2) is 0 Å². The van der Waals surface area contributed by atoms with Gasteiger partial charge in [-0.05, 0) is 6.42 Å². The molecule has 2 aliphatic carbocycles. The van der Waals surface area contributed by atoms with E-state index in [1.165, 1.54) is 10.9 Å². The van der Waals surface area contributed by atoms with Gasteiger partial charge in [0.2, 0.25) is 0 Å². The zero-order chi connectivity index (χ0) is 18.6. The Morgan fingerprint density at radius 2 is 1.71 bits per heavy atom. The number of fused-ring (bicyclic) bond motifs is 9. The van der Waals surface area contributed by atoms with Crippen molar-refractivity contribution in [2.75, 3.05) is 0 Å². The predicted molar refractivity (Wildman–Crippen MR) is 106 cm³/mol. The number of ketones is 2. The number of nitrogens with zero attached hydrogens (tertiary/aromatic N) is 2. The van der Waals surface area contributed by atoms with Crippen LogP contribution in [-0.4, -0.2) is 25.7 Å². The summed E-state index contributed by atoms with van der Waals surface area (Å²) >= 11 is 0. The molecule has 0 unspecified atom stereocenters. The van der Waals surface area contributed by atoms with Crippen molar-refractivity contribution in [3.63, 3.8) is 0 Å². The molecule has 3 aromatic heterocycles. The highest BCUT2D eigenvalue weighted by atomic mass is 16.5. The van der Waals surface area contributed by atoms with Crippen molar-refractivity contribution < 1.29 is 14.3 Å². The van der Waals surface area contributed by atoms with Crippen molar-refractivity contribution in [2.45, 2.75) is 26.3 Å². The molecule has 7 rings (SSSR count). The first-order chi connectivity index (χ1) is 13.7. The van der Waals surface area contributed by atoms with Crippen LogP contribution in [0.15, 0.2) is 18.5 Å². The molecule has 0 bridgehead atoms. The fourth-order valence-electron chi connectivity index (χ4n) is 5.23. The number of rotatable bonds is 0. The van der Waals surface area contributed by atoms with Gasteiger partial charge in [0.05, 0.1) is 28.4 Å². The van der Waals surface area contributed by atoms with Crippen molar-refractivity contribution in [3.8, 4) is 0 Å². The van der Waals surface area contributed by atoms with E-state index in [9.17, 15) is 9.59 Å². The number of benzene rings is 1. The third-order valence-corrected chi connectivity index (χ3v) is 6.24. The van der Waals surface area contributed by atoms with Crippen LogP contribution in [0, 0.1) is 0 Å². The third kappa shape index (κ3) is 1.51. The average molecular weight is 369 g/mol. The van der Waals surface area contributed by atoms with E-state index in [0.717, 1.165) is 39.0 Å². The van der Waals surface area contributed by atoms with E-state index in [2.05, 4.69) is 27.8 Å². The molecule has 0 spiro atoms. The SMILES string of the molecule is O=C1C=c2c(c3c4c[nH]cc4c4c5c(n6c4c3n2COC6)=CCC=C5)C(=O)C1. The van der Waals surface area contributed by atoms with E-state index in [-0.39, 0.29) is 18.0 Å². The molecule has 3 aliphatic rings. The molecule has 0 fully saturated rings. The van der Waals surface area contributed by atoms with Gasteiger partial charge in [0.15, 0.2) is 11.6 Å². The van der Waals surface area contributed by atoms with Gasteiger partial charge in [0.1, 0.15) is 13.5 Å². The number of carbonyl (C=O) groups is 2. The predicted octanol–water partition coefficient (Wildman–Crippen LogP) is 2.16. The second kappa shape index (κ2) is 4.72. The summed E-state index contributed by atoms with van der Waals surface area (Å²) < 4.78 is 10.2. The van der Waals surface area contributed by atoms with Gasteiger partial charge >= 0.3 is 0 Å². The molecule has 0 radical (unpaired) electrons. The lowest BCUT2D eigenvalue weighted by Gasteiger charge is -2.08. The number of hydrogen-bond acceptors (Lipinski definition) is 3. The smallest absolute Gasteiger partial charge is 0.173 e. The van der Waals surface area contributed by atoms with E-state index in [1.807, 2.05) is 17.0 Å². The molecule has 4 heterocycles. The summed E-state index contributed by atoms with van der Waals surface area (Å²) in [5, 5.41) is 6.06. The molecule has 28 heavy (non-hydrogen) atoms. The van der Waals surface area contributed by atoms with E-state index in [0.29, 0.717) is 24.4 Å². The fraction of sp³-hybridized carbons (Fsp3) is 0.182. The van der Waals surface area contributed by atoms with Crippen molar-refractivity contribution in [1.29, 1.82) is 0 Å². The maximum absolute atomic E-state index is 12.9. The van der Waals surface area contributed by atoms with Gasteiger partial charge in [0, 0.05) is 50.9 Å². The van der Waals surface area contributed by atoms with Crippen LogP contribution in [0.3, 0.4) is 0 Å². The number of H-pyrrole nitrogens is 1. The Morgan fingerprint density at radius 3 is 2.57 bits per heavy atom. The van der Waals surface area contributed by atoms with Crippen molar-refractivity contribution in [3.05, 3.63) is 40.3 Å². The molecule has 0 atom stereocenters. The number of hydrogen-bond donors (Lipinski definition) is 1. The molecule has 136 valence electrons. The monoisotopic (exact) mass is 369 g/mol. The second-order valence-electron chi connectivity index (χ2n) is 7.66. The van der Waals surface area contributed by atoms with Crippen LogP contribution in [-0.2, 0) is 23.0 Å². The van der Waals surface area contributed by atoms with Crippen LogP contribution in [0.1, 0.15) is 28.8 Å². The standard InChI is InChI=1S/C22H15N3O3/c26-11-5-16-20(17(27)6-11)19-14-8-23-7-13(14)18-12-3-1-2-4-15(12)24-9-28-10-25(16)22(19)21(18)24/h1,3-5,7-8,23H,2,6,9-10H2.